The lowest BCUT2D eigenvalue weighted by molar-refractivity contribution is -0.125. The van der Waals surface area contributed by atoms with Gasteiger partial charge in [-0.15, -0.1) is 0 Å². The van der Waals surface area contributed by atoms with Gasteiger partial charge in [-0.25, -0.2) is 4.79 Å². The molecule has 1 aromatic carbocycles. The molecule has 0 radical (unpaired) electrons. The van der Waals surface area contributed by atoms with E-state index in [4.69, 9.17) is 5.73 Å². The van der Waals surface area contributed by atoms with Crippen LogP contribution < -0.4 is 11.1 Å². The maximum Gasteiger partial charge on any atom is 0.324 e. The molecule has 0 bridgehead atoms. The molecule has 1 aromatic rings. The van der Waals surface area contributed by atoms with Crippen molar-refractivity contribution in [3.8, 4) is 0 Å². The highest BCUT2D eigenvalue weighted by atomic mass is 127. The zero-order valence-corrected chi connectivity index (χ0v) is 12.7. The highest BCUT2D eigenvalue weighted by Gasteiger charge is 2.54. The second-order valence-electron chi connectivity index (χ2n) is 5.11. The minimum Gasteiger partial charge on any atom is -0.398 e. The molecule has 100 valence electrons. The number of benzene rings is 1. The van der Waals surface area contributed by atoms with Crippen molar-refractivity contribution in [2.45, 2.75) is 22.8 Å². The van der Waals surface area contributed by atoms with Gasteiger partial charge in [0.2, 0.25) is 0 Å². The zero-order valence-electron chi connectivity index (χ0n) is 10.5. The summed E-state index contributed by atoms with van der Waals surface area (Å²) in [5, 5.41) is 2.40. The number of fused-ring (bicyclic) bond motifs is 1. The maximum absolute atomic E-state index is 12.2. The molecular weight excluding hydrogens is 357 g/mol. The Hall–Kier alpha value is -1.31. The number of alkyl halides is 1. The van der Waals surface area contributed by atoms with Gasteiger partial charge in [0.1, 0.15) is 5.54 Å². The number of nitrogen functional groups attached to an aromatic ring is 1. The number of amides is 3. The second kappa shape index (κ2) is 4.09. The number of nitrogens with one attached hydrogen (secondary N) is 1. The number of carbonyl (C=O) groups excluding carboxylic acids is 2. The third-order valence-electron chi connectivity index (χ3n) is 4.24. The van der Waals surface area contributed by atoms with E-state index in [9.17, 15) is 9.59 Å². The highest BCUT2D eigenvalue weighted by molar-refractivity contribution is 14.1. The van der Waals surface area contributed by atoms with Crippen LogP contribution in [0.25, 0.3) is 0 Å². The number of nitrogens with two attached hydrogens (primary N) is 1. The van der Waals surface area contributed by atoms with Crippen LogP contribution in [0.5, 0.6) is 0 Å². The summed E-state index contributed by atoms with van der Waals surface area (Å²) in [4.78, 5) is 25.4. The molecular formula is C13H14IN3O2. The van der Waals surface area contributed by atoms with Gasteiger partial charge >= 0.3 is 6.03 Å². The molecule has 0 saturated carbocycles. The lowest BCUT2D eigenvalue weighted by Gasteiger charge is -2.27. The molecule has 6 heteroatoms. The fraction of sp³-hybridized carbons (Fsp3) is 0.385. The standard InChI is InChI=1S/C13H14IN3O2/c1-17-12(19)16-11(18)13(17)4-7-2-3-10(15)9(6-14)8(7)5-13/h2-3H,4-6,15H2,1H3,(H,16,18,19). The van der Waals surface area contributed by atoms with Crippen molar-refractivity contribution in [1.82, 2.24) is 10.2 Å². The van der Waals surface area contributed by atoms with E-state index in [0.29, 0.717) is 12.8 Å². The van der Waals surface area contributed by atoms with Crippen molar-refractivity contribution in [2.24, 2.45) is 0 Å². The molecule has 19 heavy (non-hydrogen) atoms. The number of hydrogen-bond acceptors (Lipinski definition) is 3. The van der Waals surface area contributed by atoms with Crippen molar-refractivity contribution in [2.75, 3.05) is 12.8 Å². The van der Waals surface area contributed by atoms with Crippen LogP contribution in [0.4, 0.5) is 10.5 Å². The Bertz CT molecular complexity index is 602. The molecule has 5 nitrogen and oxygen atoms in total. The number of halogens is 1. The summed E-state index contributed by atoms with van der Waals surface area (Å²) in [5.74, 6) is -0.200. The Morgan fingerprint density at radius 3 is 2.74 bits per heavy atom. The molecule has 0 aromatic heterocycles. The number of urea groups is 1. The van der Waals surface area contributed by atoms with Crippen LogP contribution in [0.3, 0.4) is 0 Å². The molecule has 1 fully saturated rings. The summed E-state index contributed by atoms with van der Waals surface area (Å²) < 4.78 is 0.808. The summed E-state index contributed by atoms with van der Waals surface area (Å²) in [6, 6.07) is 3.54. The zero-order chi connectivity index (χ0) is 13.8. The normalized spacial score (nSPS) is 25.1. The molecule has 2 aliphatic rings. The SMILES string of the molecule is CN1C(=O)NC(=O)C12Cc1ccc(N)c(CI)c1C2. The molecule has 1 spiro atoms. The molecule has 3 N–H and O–H groups in total. The van der Waals surface area contributed by atoms with Crippen LogP contribution in [0, 0.1) is 0 Å². The monoisotopic (exact) mass is 371 g/mol. The van der Waals surface area contributed by atoms with Crippen LogP contribution >= 0.6 is 22.6 Å². The number of likely N-dealkylation sites (N-methyl/N-ethyl adjacent to an activating group) is 1. The van der Waals surface area contributed by atoms with E-state index in [1.807, 2.05) is 12.1 Å². The van der Waals surface area contributed by atoms with Gasteiger partial charge in [0.25, 0.3) is 5.91 Å². The number of rotatable bonds is 1. The van der Waals surface area contributed by atoms with Gasteiger partial charge in [0.05, 0.1) is 0 Å². The van der Waals surface area contributed by atoms with Gasteiger partial charge in [-0.2, -0.15) is 0 Å². The molecule has 1 saturated heterocycles. The average molecular weight is 371 g/mol. The molecule has 3 rings (SSSR count). The van der Waals surface area contributed by atoms with Crippen LogP contribution in [0.2, 0.25) is 0 Å². The first kappa shape index (κ1) is 12.7. The molecule has 1 aliphatic carbocycles. The average Bonchev–Trinajstić information content (AvgIpc) is 2.86. The Morgan fingerprint density at radius 2 is 2.16 bits per heavy atom. The Kier molecular flexibility index (Phi) is 2.74. The van der Waals surface area contributed by atoms with Gasteiger partial charge in [-0.3, -0.25) is 10.1 Å². The van der Waals surface area contributed by atoms with E-state index in [2.05, 4.69) is 27.9 Å². The lowest BCUT2D eigenvalue weighted by Crippen LogP contribution is -2.48. The number of imide groups is 1. The summed E-state index contributed by atoms with van der Waals surface area (Å²) in [6.07, 6.45) is 1.13. The predicted molar refractivity (Wildman–Crippen MR) is 80.0 cm³/mol. The summed E-state index contributed by atoms with van der Waals surface area (Å²) in [7, 11) is 1.68. The summed E-state index contributed by atoms with van der Waals surface area (Å²) in [6.45, 7) is 0. The lowest BCUT2D eigenvalue weighted by atomic mass is 9.94. The Balaban J connectivity index is 2.10. The molecule has 1 unspecified atom stereocenters. The smallest absolute Gasteiger partial charge is 0.324 e. The first-order valence-corrected chi connectivity index (χ1v) is 7.56. The number of hydrogen-bond donors (Lipinski definition) is 2. The predicted octanol–water partition coefficient (Wildman–Crippen LogP) is 1.22. The van der Waals surface area contributed by atoms with Gasteiger partial charge in [-0.05, 0) is 22.8 Å². The van der Waals surface area contributed by atoms with Gasteiger partial charge in [-0.1, -0.05) is 28.7 Å². The summed E-state index contributed by atoms with van der Waals surface area (Å²) in [5.41, 5.74) is 9.35. The van der Waals surface area contributed by atoms with Crippen molar-refractivity contribution in [3.05, 3.63) is 28.8 Å². The Morgan fingerprint density at radius 1 is 1.42 bits per heavy atom. The largest absolute Gasteiger partial charge is 0.398 e. The van der Waals surface area contributed by atoms with E-state index >= 15 is 0 Å². The quantitative estimate of drug-likeness (QED) is 0.338. The first-order valence-electron chi connectivity index (χ1n) is 6.04. The van der Waals surface area contributed by atoms with Crippen molar-refractivity contribution >= 4 is 40.2 Å². The van der Waals surface area contributed by atoms with E-state index < -0.39 is 5.54 Å². The van der Waals surface area contributed by atoms with Crippen LogP contribution in [0.15, 0.2) is 12.1 Å². The van der Waals surface area contributed by atoms with E-state index in [1.165, 1.54) is 4.90 Å². The molecule has 3 amide bonds. The first-order chi connectivity index (χ1) is 8.99. The topological polar surface area (TPSA) is 75.4 Å². The highest BCUT2D eigenvalue weighted by Crippen LogP contribution is 2.40. The number of nitrogens with zero attached hydrogens (tertiary/aromatic N) is 1. The molecule has 1 aliphatic heterocycles. The molecule has 1 atom stereocenters. The fourth-order valence-electron chi connectivity index (χ4n) is 3.01. The third kappa shape index (κ3) is 1.58. The van der Waals surface area contributed by atoms with Gasteiger partial charge < -0.3 is 10.6 Å². The van der Waals surface area contributed by atoms with Gasteiger partial charge in [0, 0.05) is 30.0 Å². The van der Waals surface area contributed by atoms with Crippen LogP contribution in [0.1, 0.15) is 16.7 Å². The summed E-state index contributed by atoms with van der Waals surface area (Å²) >= 11 is 2.28. The van der Waals surface area contributed by atoms with E-state index in [-0.39, 0.29) is 11.9 Å². The van der Waals surface area contributed by atoms with Crippen molar-refractivity contribution in [1.29, 1.82) is 0 Å². The number of carbonyl (C=O) groups is 2. The molecule has 1 heterocycles. The Labute approximate surface area is 124 Å². The van der Waals surface area contributed by atoms with Crippen LogP contribution in [-0.2, 0) is 22.1 Å². The third-order valence-corrected chi connectivity index (χ3v) is 5.00. The van der Waals surface area contributed by atoms with E-state index in [0.717, 1.165) is 26.8 Å². The van der Waals surface area contributed by atoms with Crippen molar-refractivity contribution in [3.63, 3.8) is 0 Å². The van der Waals surface area contributed by atoms with Gasteiger partial charge in [0.15, 0.2) is 0 Å². The fourth-order valence-corrected chi connectivity index (χ4v) is 3.92. The minimum atomic E-state index is -0.756. The van der Waals surface area contributed by atoms with Crippen molar-refractivity contribution < 1.29 is 9.59 Å². The van der Waals surface area contributed by atoms with E-state index in [1.54, 1.807) is 7.05 Å². The second-order valence-corrected chi connectivity index (χ2v) is 5.87. The minimum absolute atomic E-state index is 0.200. The number of anilines is 1. The van der Waals surface area contributed by atoms with Crippen LogP contribution in [-0.4, -0.2) is 29.4 Å². The maximum atomic E-state index is 12.2.